The maximum Gasteiger partial charge on any atom is 0.267 e. The van der Waals surface area contributed by atoms with Gasteiger partial charge >= 0.3 is 0 Å². The normalized spacial score (nSPS) is 11.0. The van der Waals surface area contributed by atoms with Gasteiger partial charge in [-0.2, -0.15) is 0 Å². The zero-order valence-electron chi connectivity index (χ0n) is 11.2. The second kappa shape index (κ2) is 5.24. The molecular formula is C16H14ClN3O. The van der Waals surface area contributed by atoms with E-state index in [9.17, 15) is 4.79 Å². The number of hydrogen-bond acceptors (Lipinski definition) is 2. The van der Waals surface area contributed by atoms with Crippen LogP contribution in [0.5, 0.6) is 0 Å². The van der Waals surface area contributed by atoms with Gasteiger partial charge in [0.15, 0.2) is 0 Å². The van der Waals surface area contributed by atoms with Crippen LogP contribution in [0.3, 0.4) is 0 Å². The number of rotatable bonds is 3. The lowest BCUT2D eigenvalue weighted by molar-refractivity contribution is 0.0994. The van der Waals surface area contributed by atoms with Crippen LogP contribution < -0.4 is 11.5 Å². The summed E-state index contributed by atoms with van der Waals surface area (Å²) in [7, 11) is 0. The highest BCUT2D eigenvalue weighted by atomic mass is 35.5. The first-order chi connectivity index (χ1) is 10.1. The topological polar surface area (TPSA) is 74.0 Å². The predicted molar refractivity (Wildman–Crippen MR) is 84.7 cm³/mol. The molecule has 0 unspecified atom stereocenters. The van der Waals surface area contributed by atoms with Crippen molar-refractivity contribution in [3.8, 4) is 5.69 Å². The Morgan fingerprint density at radius 1 is 1.10 bits per heavy atom. The van der Waals surface area contributed by atoms with Gasteiger partial charge in [-0.05, 0) is 23.8 Å². The Labute approximate surface area is 126 Å². The fraction of sp³-hybridized carbons (Fsp3) is 0.0625. The number of carbonyl (C=O) groups excluding carboxylic acids is 1. The summed E-state index contributed by atoms with van der Waals surface area (Å²) in [4.78, 5) is 11.8. The highest BCUT2D eigenvalue weighted by Gasteiger charge is 2.20. The first-order valence-corrected chi connectivity index (χ1v) is 6.89. The van der Waals surface area contributed by atoms with Crippen LogP contribution in [0.25, 0.3) is 16.6 Å². The molecule has 3 rings (SSSR count). The molecule has 5 heteroatoms. The number of para-hydroxylation sites is 1. The van der Waals surface area contributed by atoms with E-state index in [0.717, 1.165) is 22.2 Å². The van der Waals surface area contributed by atoms with Crippen LogP contribution >= 0.6 is 11.6 Å². The van der Waals surface area contributed by atoms with Gasteiger partial charge in [0.05, 0.1) is 10.5 Å². The summed E-state index contributed by atoms with van der Waals surface area (Å²) in [5.41, 5.74) is 14.1. The molecule has 4 N–H and O–H groups in total. The summed E-state index contributed by atoms with van der Waals surface area (Å²) in [6, 6.07) is 15.2. The minimum atomic E-state index is -0.556. The quantitative estimate of drug-likeness (QED) is 0.780. The van der Waals surface area contributed by atoms with Crippen molar-refractivity contribution in [3.63, 3.8) is 0 Å². The van der Waals surface area contributed by atoms with Crippen LogP contribution in [0.4, 0.5) is 0 Å². The molecule has 1 aromatic heterocycles. The maximum absolute atomic E-state index is 11.8. The highest BCUT2D eigenvalue weighted by Crippen LogP contribution is 2.33. The van der Waals surface area contributed by atoms with E-state index in [2.05, 4.69) is 0 Å². The molecule has 4 nitrogen and oxygen atoms in total. The molecule has 0 spiro atoms. The van der Waals surface area contributed by atoms with Crippen molar-refractivity contribution < 1.29 is 4.79 Å². The molecule has 106 valence electrons. The molecule has 0 saturated carbocycles. The van der Waals surface area contributed by atoms with Crippen LogP contribution in [0.2, 0.25) is 5.02 Å². The van der Waals surface area contributed by atoms with E-state index < -0.39 is 5.91 Å². The van der Waals surface area contributed by atoms with Crippen LogP contribution in [-0.4, -0.2) is 10.5 Å². The number of benzene rings is 2. The molecule has 0 atom stereocenters. The van der Waals surface area contributed by atoms with Gasteiger partial charge in [0, 0.05) is 17.6 Å². The number of amides is 1. The Bertz CT molecular complexity index is 821. The lowest BCUT2D eigenvalue weighted by Crippen LogP contribution is -2.16. The molecule has 0 aliphatic rings. The second-order valence-corrected chi connectivity index (χ2v) is 5.13. The number of nitrogens with two attached hydrogens (primary N) is 2. The molecule has 0 fully saturated rings. The van der Waals surface area contributed by atoms with Crippen LogP contribution in [0.1, 0.15) is 16.1 Å². The van der Waals surface area contributed by atoms with E-state index in [4.69, 9.17) is 23.1 Å². The summed E-state index contributed by atoms with van der Waals surface area (Å²) in [6.45, 7) is 0.468. The summed E-state index contributed by atoms with van der Waals surface area (Å²) in [5, 5.41) is 1.18. The minimum absolute atomic E-state index is 0.290. The number of hydrogen-bond donors (Lipinski definition) is 2. The lowest BCUT2D eigenvalue weighted by atomic mass is 10.2. The van der Waals surface area contributed by atoms with E-state index >= 15 is 0 Å². The molecular weight excluding hydrogens is 286 g/mol. The van der Waals surface area contributed by atoms with Gasteiger partial charge in [-0.25, -0.2) is 0 Å². The number of carbonyl (C=O) groups is 1. The van der Waals surface area contributed by atoms with Gasteiger partial charge < -0.3 is 16.0 Å². The summed E-state index contributed by atoms with van der Waals surface area (Å²) in [6.07, 6.45) is 0. The van der Waals surface area contributed by atoms with Crippen molar-refractivity contribution in [2.45, 2.75) is 6.54 Å². The number of primary amides is 1. The Kier molecular flexibility index (Phi) is 3.41. The minimum Gasteiger partial charge on any atom is -0.364 e. The zero-order chi connectivity index (χ0) is 15.0. The molecule has 0 saturated heterocycles. The van der Waals surface area contributed by atoms with E-state index in [-0.39, 0.29) is 0 Å². The Balaban J connectivity index is 2.34. The van der Waals surface area contributed by atoms with Crippen molar-refractivity contribution >= 4 is 28.4 Å². The monoisotopic (exact) mass is 299 g/mol. The van der Waals surface area contributed by atoms with Crippen LogP contribution in [0.15, 0.2) is 48.5 Å². The van der Waals surface area contributed by atoms with Gasteiger partial charge in [0.2, 0.25) is 0 Å². The van der Waals surface area contributed by atoms with Crippen LogP contribution in [-0.2, 0) is 6.54 Å². The third kappa shape index (κ3) is 2.18. The zero-order valence-corrected chi connectivity index (χ0v) is 12.0. The molecule has 0 radical (unpaired) electrons. The SMILES string of the molecule is NCc1ccc(-n2c(C(N)=O)c(Cl)c3ccccc32)cc1. The number of nitrogens with zero attached hydrogens (tertiary/aromatic N) is 1. The number of aromatic nitrogens is 1. The molecule has 0 aliphatic carbocycles. The maximum atomic E-state index is 11.8. The molecule has 0 bridgehead atoms. The average Bonchev–Trinajstić information content (AvgIpc) is 2.81. The number of fused-ring (bicyclic) bond motifs is 1. The lowest BCUT2D eigenvalue weighted by Gasteiger charge is -2.09. The molecule has 0 aliphatic heterocycles. The third-order valence-electron chi connectivity index (χ3n) is 3.48. The summed E-state index contributed by atoms with van der Waals surface area (Å²) >= 11 is 6.32. The van der Waals surface area contributed by atoms with Gasteiger partial charge in [0.1, 0.15) is 5.69 Å². The third-order valence-corrected chi connectivity index (χ3v) is 3.86. The van der Waals surface area contributed by atoms with E-state index in [1.165, 1.54) is 0 Å². The largest absolute Gasteiger partial charge is 0.364 e. The van der Waals surface area contributed by atoms with Crippen molar-refractivity contribution in [2.75, 3.05) is 0 Å². The molecule has 1 heterocycles. The molecule has 2 aromatic carbocycles. The molecule has 3 aromatic rings. The number of halogens is 1. The van der Waals surface area contributed by atoms with E-state index in [0.29, 0.717) is 17.3 Å². The predicted octanol–water partition coefficient (Wildman–Crippen LogP) is 2.84. The smallest absolute Gasteiger partial charge is 0.267 e. The van der Waals surface area contributed by atoms with E-state index in [1.807, 2.05) is 48.5 Å². The fourth-order valence-corrected chi connectivity index (χ4v) is 2.81. The van der Waals surface area contributed by atoms with Crippen molar-refractivity contribution in [3.05, 3.63) is 64.8 Å². The summed E-state index contributed by atoms with van der Waals surface area (Å²) in [5.74, 6) is -0.556. The standard InChI is InChI=1S/C16H14ClN3O/c17-14-12-3-1-2-4-13(12)20(15(14)16(19)21)11-7-5-10(9-18)6-8-11/h1-8H,9,18H2,(H2,19,21). The first kappa shape index (κ1) is 13.7. The van der Waals surface area contributed by atoms with Gasteiger partial charge in [0.25, 0.3) is 5.91 Å². The van der Waals surface area contributed by atoms with Crippen molar-refractivity contribution in [1.82, 2.24) is 4.57 Å². The van der Waals surface area contributed by atoms with Gasteiger partial charge in [-0.3, -0.25) is 4.79 Å². The Morgan fingerprint density at radius 3 is 2.38 bits per heavy atom. The highest BCUT2D eigenvalue weighted by molar-refractivity contribution is 6.39. The van der Waals surface area contributed by atoms with Gasteiger partial charge in [-0.1, -0.05) is 41.9 Å². The Morgan fingerprint density at radius 2 is 1.76 bits per heavy atom. The van der Waals surface area contributed by atoms with Crippen LogP contribution in [0, 0.1) is 0 Å². The molecule has 1 amide bonds. The summed E-state index contributed by atoms with van der Waals surface area (Å²) < 4.78 is 1.78. The first-order valence-electron chi connectivity index (χ1n) is 6.51. The van der Waals surface area contributed by atoms with Gasteiger partial charge in [-0.15, -0.1) is 0 Å². The Hall–Kier alpha value is -2.30. The van der Waals surface area contributed by atoms with Crippen molar-refractivity contribution in [2.24, 2.45) is 11.5 Å². The fourth-order valence-electron chi connectivity index (χ4n) is 2.47. The van der Waals surface area contributed by atoms with Crippen molar-refractivity contribution in [1.29, 1.82) is 0 Å². The molecule has 21 heavy (non-hydrogen) atoms. The second-order valence-electron chi connectivity index (χ2n) is 4.75. The average molecular weight is 300 g/mol. The van der Waals surface area contributed by atoms with E-state index in [1.54, 1.807) is 4.57 Å².